The van der Waals surface area contributed by atoms with Gasteiger partial charge in [-0.25, -0.2) is 0 Å². The molecule has 2 rings (SSSR count). The number of hydrogen-bond donors (Lipinski definition) is 2. The van der Waals surface area contributed by atoms with Crippen molar-refractivity contribution in [1.82, 2.24) is 5.32 Å². The van der Waals surface area contributed by atoms with Gasteiger partial charge in [0.25, 0.3) is 0 Å². The third-order valence-corrected chi connectivity index (χ3v) is 3.77. The molecule has 4 heteroatoms. The highest BCUT2D eigenvalue weighted by atomic mass is 35.5. The van der Waals surface area contributed by atoms with Crippen LogP contribution in [0.4, 0.5) is 0 Å². The zero-order valence-corrected chi connectivity index (χ0v) is 10.8. The minimum atomic E-state index is -0.0305. The van der Waals surface area contributed by atoms with Crippen LogP contribution in [0.2, 0.25) is 4.34 Å². The molecule has 17 heavy (non-hydrogen) atoms. The maximum absolute atomic E-state index is 9.38. The van der Waals surface area contributed by atoms with E-state index in [1.165, 1.54) is 4.88 Å². The summed E-state index contributed by atoms with van der Waals surface area (Å²) in [5.74, 6) is 0. The van der Waals surface area contributed by atoms with Gasteiger partial charge < -0.3 is 10.4 Å². The van der Waals surface area contributed by atoms with Crippen LogP contribution >= 0.6 is 22.9 Å². The van der Waals surface area contributed by atoms with Gasteiger partial charge in [-0.1, -0.05) is 41.9 Å². The van der Waals surface area contributed by atoms with Crippen LogP contribution in [0.3, 0.4) is 0 Å². The first-order chi connectivity index (χ1) is 8.29. The summed E-state index contributed by atoms with van der Waals surface area (Å²) in [5.41, 5.74) is 1.10. The molecule has 0 amide bonds. The molecule has 0 aliphatic rings. The molecule has 0 spiro atoms. The lowest BCUT2D eigenvalue weighted by molar-refractivity contribution is 0.244. The minimum absolute atomic E-state index is 0.0305. The summed E-state index contributed by atoms with van der Waals surface area (Å²) in [6.45, 7) is 0.806. The molecule has 0 aliphatic carbocycles. The van der Waals surface area contributed by atoms with Crippen LogP contribution in [0.25, 0.3) is 0 Å². The van der Waals surface area contributed by atoms with Gasteiger partial charge in [-0.15, -0.1) is 11.3 Å². The van der Waals surface area contributed by atoms with E-state index in [9.17, 15) is 5.11 Å². The zero-order chi connectivity index (χ0) is 12.1. The van der Waals surface area contributed by atoms with E-state index in [0.29, 0.717) is 0 Å². The van der Waals surface area contributed by atoms with Crippen molar-refractivity contribution in [3.8, 4) is 0 Å². The maximum atomic E-state index is 9.38. The lowest BCUT2D eigenvalue weighted by Crippen LogP contribution is -2.23. The van der Waals surface area contributed by atoms with Crippen molar-refractivity contribution in [3.63, 3.8) is 0 Å². The van der Waals surface area contributed by atoms with Gasteiger partial charge in [0, 0.05) is 11.4 Å². The Labute approximate surface area is 110 Å². The van der Waals surface area contributed by atoms with Crippen LogP contribution in [0.15, 0.2) is 42.5 Å². The first-order valence-corrected chi connectivity index (χ1v) is 6.62. The second-order valence-corrected chi connectivity index (χ2v) is 5.53. The van der Waals surface area contributed by atoms with E-state index in [-0.39, 0.29) is 12.6 Å². The van der Waals surface area contributed by atoms with Crippen molar-refractivity contribution in [2.75, 3.05) is 6.61 Å². The van der Waals surface area contributed by atoms with Crippen molar-refractivity contribution in [3.05, 3.63) is 57.2 Å². The molecule has 0 aliphatic heterocycles. The molecule has 2 nitrogen and oxygen atoms in total. The van der Waals surface area contributed by atoms with E-state index in [1.54, 1.807) is 11.3 Å². The number of hydrogen-bond acceptors (Lipinski definition) is 3. The fraction of sp³-hybridized carbons (Fsp3) is 0.231. The summed E-state index contributed by atoms with van der Waals surface area (Å²) >= 11 is 7.42. The maximum Gasteiger partial charge on any atom is 0.0931 e. The highest BCUT2D eigenvalue weighted by molar-refractivity contribution is 7.16. The number of aliphatic hydroxyl groups excluding tert-OH is 1. The monoisotopic (exact) mass is 267 g/mol. The fourth-order valence-corrected chi connectivity index (χ4v) is 2.68. The van der Waals surface area contributed by atoms with Gasteiger partial charge in [-0.05, 0) is 17.7 Å². The third-order valence-electron chi connectivity index (χ3n) is 2.54. The van der Waals surface area contributed by atoms with Crippen LogP contribution in [-0.2, 0) is 6.54 Å². The van der Waals surface area contributed by atoms with Crippen LogP contribution in [0.5, 0.6) is 0 Å². The molecule has 0 bridgehead atoms. The summed E-state index contributed by atoms with van der Waals surface area (Å²) in [7, 11) is 0. The predicted molar refractivity (Wildman–Crippen MR) is 72.4 cm³/mol. The molecule has 1 unspecified atom stereocenters. The lowest BCUT2D eigenvalue weighted by Gasteiger charge is -2.15. The van der Waals surface area contributed by atoms with Crippen molar-refractivity contribution in [2.24, 2.45) is 0 Å². The number of rotatable bonds is 5. The van der Waals surface area contributed by atoms with Crippen molar-refractivity contribution in [2.45, 2.75) is 12.6 Å². The topological polar surface area (TPSA) is 32.3 Å². The third kappa shape index (κ3) is 3.54. The summed E-state index contributed by atoms with van der Waals surface area (Å²) in [4.78, 5) is 1.17. The summed E-state index contributed by atoms with van der Waals surface area (Å²) in [6, 6.07) is 13.8. The molecular weight excluding hydrogens is 254 g/mol. The number of thiophene rings is 1. The van der Waals surface area contributed by atoms with E-state index in [1.807, 2.05) is 42.5 Å². The molecule has 2 N–H and O–H groups in total. The summed E-state index contributed by atoms with van der Waals surface area (Å²) in [6.07, 6.45) is 0. The minimum Gasteiger partial charge on any atom is -0.394 e. The normalized spacial score (nSPS) is 12.6. The highest BCUT2D eigenvalue weighted by Crippen LogP contribution is 2.22. The Morgan fingerprint density at radius 1 is 1.18 bits per heavy atom. The number of halogens is 1. The van der Waals surface area contributed by atoms with E-state index in [0.717, 1.165) is 16.4 Å². The van der Waals surface area contributed by atoms with Gasteiger partial charge >= 0.3 is 0 Å². The first-order valence-electron chi connectivity index (χ1n) is 5.43. The Kier molecular flexibility index (Phi) is 4.57. The molecule has 0 saturated heterocycles. The lowest BCUT2D eigenvalue weighted by atomic mass is 10.1. The van der Waals surface area contributed by atoms with Crippen LogP contribution in [-0.4, -0.2) is 11.7 Å². The number of nitrogens with one attached hydrogen (secondary N) is 1. The van der Waals surface area contributed by atoms with E-state index < -0.39 is 0 Å². The number of benzene rings is 1. The second-order valence-electron chi connectivity index (χ2n) is 3.73. The average Bonchev–Trinajstić information content (AvgIpc) is 2.77. The molecule has 1 aromatic heterocycles. The standard InChI is InChI=1S/C13H14ClNOS/c14-13-7-6-11(17-13)8-15-12(9-16)10-4-2-1-3-5-10/h1-7,12,15-16H,8-9H2. The summed E-state index contributed by atoms with van der Waals surface area (Å²) < 4.78 is 0.794. The highest BCUT2D eigenvalue weighted by Gasteiger charge is 2.09. The van der Waals surface area contributed by atoms with Gasteiger partial charge in [0.15, 0.2) is 0 Å². The zero-order valence-electron chi connectivity index (χ0n) is 9.27. The van der Waals surface area contributed by atoms with Gasteiger partial charge in [0.1, 0.15) is 0 Å². The Hall–Kier alpha value is -0.870. The quantitative estimate of drug-likeness (QED) is 0.872. The molecule has 0 radical (unpaired) electrons. The van der Waals surface area contributed by atoms with Gasteiger partial charge in [0.2, 0.25) is 0 Å². The fourth-order valence-electron chi connectivity index (χ4n) is 1.64. The average molecular weight is 268 g/mol. The smallest absolute Gasteiger partial charge is 0.0931 e. The van der Waals surface area contributed by atoms with Gasteiger partial charge in [0.05, 0.1) is 17.0 Å². The van der Waals surface area contributed by atoms with Gasteiger partial charge in [-0.2, -0.15) is 0 Å². The van der Waals surface area contributed by atoms with Crippen LogP contribution in [0, 0.1) is 0 Å². The molecule has 1 heterocycles. The van der Waals surface area contributed by atoms with Crippen molar-refractivity contribution >= 4 is 22.9 Å². The second kappa shape index (κ2) is 6.17. The van der Waals surface area contributed by atoms with Gasteiger partial charge in [-0.3, -0.25) is 0 Å². The number of aliphatic hydroxyl groups is 1. The van der Waals surface area contributed by atoms with E-state index >= 15 is 0 Å². The Morgan fingerprint density at radius 2 is 1.94 bits per heavy atom. The Bertz CT molecular complexity index is 457. The molecule has 1 aromatic carbocycles. The molecular formula is C13H14ClNOS. The van der Waals surface area contributed by atoms with E-state index in [2.05, 4.69) is 5.32 Å². The Morgan fingerprint density at radius 3 is 2.53 bits per heavy atom. The molecule has 2 aromatic rings. The first kappa shape index (κ1) is 12.6. The van der Waals surface area contributed by atoms with Crippen LogP contribution < -0.4 is 5.32 Å². The van der Waals surface area contributed by atoms with Crippen LogP contribution in [0.1, 0.15) is 16.5 Å². The molecule has 0 fully saturated rings. The molecule has 90 valence electrons. The predicted octanol–water partition coefficient (Wildman–Crippen LogP) is 3.22. The van der Waals surface area contributed by atoms with Crippen molar-refractivity contribution in [1.29, 1.82) is 0 Å². The molecule has 1 atom stereocenters. The Balaban J connectivity index is 1.97. The molecule has 0 saturated carbocycles. The largest absolute Gasteiger partial charge is 0.394 e. The van der Waals surface area contributed by atoms with Crippen molar-refractivity contribution < 1.29 is 5.11 Å². The van der Waals surface area contributed by atoms with E-state index in [4.69, 9.17) is 11.6 Å². The SMILES string of the molecule is OCC(NCc1ccc(Cl)s1)c1ccccc1. The summed E-state index contributed by atoms with van der Waals surface area (Å²) in [5, 5.41) is 12.7.